The van der Waals surface area contributed by atoms with Gasteiger partial charge in [-0.3, -0.25) is 0 Å². The zero-order chi connectivity index (χ0) is 17.9. The molecule has 0 radical (unpaired) electrons. The lowest BCUT2D eigenvalue weighted by molar-refractivity contribution is -0.697. The van der Waals surface area contributed by atoms with Crippen LogP contribution in [0.2, 0.25) is 0 Å². The number of amides is 1. The molecule has 0 unspecified atom stereocenters. The highest BCUT2D eigenvalue weighted by atomic mass is 79.9. The minimum absolute atomic E-state index is 0. The van der Waals surface area contributed by atoms with Gasteiger partial charge in [0.2, 0.25) is 6.33 Å². The van der Waals surface area contributed by atoms with E-state index in [0.29, 0.717) is 26.1 Å². The topological polar surface area (TPSA) is 47.1 Å². The fraction of sp³-hybridized carbons (Fsp3) is 0.444. The molecule has 0 aliphatic heterocycles. The van der Waals surface area contributed by atoms with Gasteiger partial charge >= 0.3 is 12.0 Å². The standard InChI is InChI=1S/C18H23BrFN3O2.BrH/c19-9-4-5-12-23-15-22(13-17(23)20)11-6-10-21-18(24)25-14-16-7-2-1-3-8-16;/h1-3,7-8,13,15H,4-6,9-12,14H2;1H. The molecular formula is C18H24Br2FN3O2. The maximum atomic E-state index is 13.8. The summed E-state index contributed by atoms with van der Waals surface area (Å²) in [6, 6.07) is 9.53. The predicted molar refractivity (Wildman–Crippen MR) is 96.9 cm³/mol. The summed E-state index contributed by atoms with van der Waals surface area (Å²) in [4.78, 5) is 11.6. The van der Waals surface area contributed by atoms with Gasteiger partial charge in [-0.15, -0.1) is 0 Å². The third kappa shape index (κ3) is 8.31. The molecule has 1 N–H and O–H groups in total. The van der Waals surface area contributed by atoms with Crippen LogP contribution in [0.3, 0.4) is 0 Å². The van der Waals surface area contributed by atoms with E-state index in [4.69, 9.17) is 4.74 Å². The number of rotatable bonds is 10. The second-order valence-corrected chi connectivity index (χ2v) is 6.53. The molecule has 8 heteroatoms. The molecule has 1 amide bonds. The lowest BCUT2D eigenvalue weighted by Crippen LogP contribution is -3.00. The quantitative estimate of drug-likeness (QED) is 0.296. The Morgan fingerprint density at radius 2 is 2.00 bits per heavy atom. The largest absolute Gasteiger partial charge is 1.00 e. The number of halogens is 3. The minimum Gasteiger partial charge on any atom is -1.00 e. The first-order chi connectivity index (χ1) is 12.2. The summed E-state index contributed by atoms with van der Waals surface area (Å²) in [7, 11) is 0. The van der Waals surface area contributed by atoms with E-state index >= 15 is 0 Å². The molecule has 1 aromatic carbocycles. The number of alkyl halides is 1. The predicted octanol–water partition coefficient (Wildman–Crippen LogP) is 0.410. The van der Waals surface area contributed by atoms with E-state index in [-0.39, 0.29) is 29.5 Å². The van der Waals surface area contributed by atoms with Crippen LogP contribution < -0.4 is 26.9 Å². The lowest BCUT2D eigenvalue weighted by atomic mass is 10.2. The highest BCUT2D eigenvalue weighted by molar-refractivity contribution is 9.09. The summed E-state index contributed by atoms with van der Waals surface area (Å²) in [6.07, 6.45) is 5.49. The van der Waals surface area contributed by atoms with E-state index in [1.165, 1.54) is 6.20 Å². The number of nitrogens with one attached hydrogen (secondary N) is 1. The fourth-order valence-corrected chi connectivity index (χ4v) is 2.76. The van der Waals surface area contributed by atoms with Gasteiger partial charge in [-0.25, -0.2) is 13.9 Å². The van der Waals surface area contributed by atoms with E-state index in [0.717, 1.165) is 23.7 Å². The normalized spacial score (nSPS) is 10.2. The van der Waals surface area contributed by atoms with Crippen molar-refractivity contribution in [1.29, 1.82) is 0 Å². The molecule has 0 bridgehead atoms. The van der Waals surface area contributed by atoms with Crippen molar-refractivity contribution in [3.63, 3.8) is 0 Å². The Labute approximate surface area is 172 Å². The average molecular weight is 493 g/mol. The fourth-order valence-electron chi connectivity index (χ4n) is 2.37. The highest BCUT2D eigenvalue weighted by Gasteiger charge is 2.12. The van der Waals surface area contributed by atoms with Crippen molar-refractivity contribution < 1.29 is 35.5 Å². The van der Waals surface area contributed by atoms with Crippen LogP contribution in [0.1, 0.15) is 24.8 Å². The number of hydrogen-bond donors (Lipinski definition) is 1. The molecule has 0 aliphatic carbocycles. The summed E-state index contributed by atoms with van der Waals surface area (Å²) < 4.78 is 22.3. The number of aromatic nitrogens is 2. The average Bonchev–Trinajstić information content (AvgIpc) is 2.98. The first-order valence-electron chi connectivity index (χ1n) is 8.44. The van der Waals surface area contributed by atoms with Gasteiger partial charge in [-0.05, 0) is 18.4 Å². The number of unbranched alkanes of at least 4 members (excludes halogenated alkanes) is 1. The smallest absolute Gasteiger partial charge is 0.407 e. The van der Waals surface area contributed by atoms with Gasteiger partial charge in [-0.2, -0.15) is 4.39 Å². The molecular weight excluding hydrogens is 469 g/mol. The van der Waals surface area contributed by atoms with E-state index in [2.05, 4.69) is 21.2 Å². The number of carbonyl (C=O) groups is 1. The van der Waals surface area contributed by atoms with Crippen LogP contribution in [0.4, 0.5) is 9.18 Å². The third-order valence-electron chi connectivity index (χ3n) is 3.69. The van der Waals surface area contributed by atoms with Crippen LogP contribution in [0.15, 0.2) is 42.9 Å². The molecule has 1 aromatic heterocycles. The number of aryl methyl sites for hydroxylation is 2. The van der Waals surface area contributed by atoms with Crippen molar-refractivity contribution in [2.45, 2.75) is 39.0 Å². The van der Waals surface area contributed by atoms with Crippen LogP contribution >= 0.6 is 15.9 Å². The zero-order valence-corrected chi connectivity index (χ0v) is 17.7. The molecule has 1 heterocycles. The molecule has 5 nitrogen and oxygen atoms in total. The van der Waals surface area contributed by atoms with Crippen LogP contribution in [-0.4, -0.2) is 22.5 Å². The Balaban J connectivity index is 0.00000338. The van der Waals surface area contributed by atoms with Crippen LogP contribution in [0, 0.1) is 5.95 Å². The maximum absolute atomic E-state index is 13.8. The zero-order valence-electron chi connectivity index (χ0n) is 14.5. The van der Waals surface area contributed by atoms with Crippen molar-refractivity contribution >= 4 is 22.0 Å². The Morgan fingerprint density at radius 3 is 2.73 bits per heavy atom. The maximum Gasteiger partial charge on any atom is 0.407 e. The van der Waals surface area contributed by atoms with Gasteiger partial charge in [0.1, 0.15) is 6.61 Å². The molecule has 0 saturated heterocycles. The summed E-state index contributed by atoms with van der Waals surface area (Å²) >= 11 is 3.37. The second kappa shape index (κ2) is 12.9. The Kier molecular flexibility index (Phi) is 11.2. The van der Waals surface area contributed by atoms with Gasteiger partial charge in [-0.1, -0.05) is 46.3 Å². The molecule has 144 valence electrons. The summed E-state index contributed by atoms with van der Waals surface area (Å²) in [5.41, 5.74) is 0.949. The molecule has 0 aliphatic rings. The second-order valence-electron chi connectivity index (χ2n) is 5.74. The number of ether oxygens (including phenoxy) is 1. The monoisotopic (exact) mass is 491 g/mol. The van der Waals surface area contributed by atoms with Crippen LogP contribution in [-0.2, 0) is 24.4 Å². The van der Waals surface area contributed by atoms with Gasteiger partial charge in [0.05, 0.1) is 13.1 Å². The number of nitrogens with zero attached hydrogens (tertiary/aromatic N) is 2. The van der Waals surface area contributed by atoms with E-state index in [1.54, 1.807) is 15.5 Å². The Morgan fingerprint density at radius 1 is 1.23 bits per heavy atom. The van der Waals surface area contributed by atoms with Crippen molar-refractivity contribution in [2.75, 3.05) is 11.9 Å². The van der Waals surface area contributed by atoms with Gasteiger partial charge in [0.15, 0.2) is 6.20 Å². The van der Waals surface area contributed by atoms with Crippen molar-refractivity contribution in [3.8, 4) is 0 Å². The highest BCUT2D eigenvalue weighted by Crippen LogP contribution is 2.02. The summed E-state index contributed by atoms with van der Waals surface area (Å²) in [6.45, 7) is 2.05. The molecule has 26 heavy (non-hydrogen) atoms. The lowest BCUT2D eigenvalue weighted by Gasteiger charge is -2.06. The van der Waals surface area contributed by atoms with Gasteiger partial charge < -0.3 is 27.0 Å². The number of benzene rings is 1. The summed E-state index contributed by atoms with van der Waals surface area (Å²) in [5.74, 6) is -0.232. The molecule has 2 aromatic rings. The van der Waals surface area contributed by atoms with Crippen molar-refractivity contribution in [3.05, 3.63) is 54.4 Å². The van der Waals surface area contributed by atoms with E-state index < -0.39 is 6.09 Å². The first kappa shape index (κ1) is 22.6. The minimum atomic E-state index is -0.438. The number of imidazole rings is 1. The molecule has 0 fully saturated rings. The Bertz CT molecular complexity index is 653. The van der Waals surface area contributed by atoms with E-state index in [1.807, 2.05) is 30.3 Å². The van der Waals surface area contributed by atoms with Crippen molar-refractivity contribution in [2.24, 2.45) is 0 Å². The van der Waals surface area contributed by atoms with Gasteiger partial charge in [0.25, 0.3) is 0 Å². The number of alkyl carbamates (subject to hydrolysis) is 1. The SMILES string of the molecule is O=C(NCCC[n+]1cc(F)n(CCCCBr)c1)OCc1ccccc1.[Br-]. The first-order valence-corrected chi connectivity index (χ1v) is 9.56. The van der Waals surface area contributed by atoms with Crippen LogP contribution in [0.5, 0.6) is 0 Å². The van der Waals surface area contributed by atoms with Gasteiger partial charge in [0, 0.05) is 18.3 Å². The number of hydrogen-bond acceptors (Lipinski definition) is 2. The molecule has 0 spiro atoms. The Hall–Kier alpha value is -1.41. The molecule has 0 atom stereocenters. The molecule has 0 saturated carbocycles. The number of carbonyl (C=O) groups excluding carboxylic acids is 1. The third-order valence-corrected chi connectivity index (χ3v) is 4.25. The van der Waals surface area contributed by atoms with Crippen LogP contribution in [0.25, 0.3) is 0 Å². The van der Waals surface area contributed by atoms with E-state index in [9.17, 15) is 9.18 Å². The van der Waals surface area contributed by atoms with Crippen molar-refractivity contribution in [1.82, 2.24) is 9.88 Å². The summed E-state index contributed by atoms with van der Waals surface area (Å²) in [5, 5.41) is 3.64. The molecule has 2 rings (SSSR count).